The van der Waals surface area contributed by atoms with Crippen LogP contribution in [-0.4, -0.2) is 25.7 Å². The summed E-state index contributed by atoms with van der Waals surface area (Å²) in [7, 11) is 0. The van der Waals surface area contributed by atoms with Crippen LogP contribution in [0.3, 0.4) is 0 Å². The first-order valence-electron chi connectivity index (χ1n) is 6.45. The summed E-state index contributed by atoms with van der Waals surface area (Å²) in [5.41, 5.74) is 0.718. The lowest BCUT2D eigenvalue weighted by Gasteiger charge is -2.28. The molecule has 2 nitrogen and oxygen atoms in total. The van der Waals surface area contributed by atoms with Crippen molar-refractivity contribution >= 4 is 5.69 Å². The molecular formula is C14H21FN2. The highest BCUT2D eigenvalue weighted by atomic mass is 19.1. The number of nitrogens with one attached hydrogen (secondary N) is 1. The van der Waals surface area contributed by atoms with E-state index in [9.17, 15) is 4.39 Å². The number of halogens is 1. The van der Waals surface area contributed by atoms with E-state index < -0.39 is 0 Å². The van der Waals surface area contributed by atoms with E-state index in [1.54, 1.807) is 6.07 Å². The lowest BCUT2D eigenvalue weighted by molar-refractivity contribution is 0.474. The summed E-state index contributed by atoms with van der Waals surface area (Å²) in [5, 5.41) is 3.50. The normalized spacial score (nSPS) is 23.9. The van der Waals surface area contributed by atoms with Crippen LogP contribution in [0.5, 0.6) is 0 Å². The molecule has 0 saturated carbocycles. The Balaban J connectivity index is 2.09. The Hall–Kier alpha value is -1.09. The first kappa shape index (κ1) is 12.4. The standard InChI is InChI=1S/C14H21FN2/c1-3-17(10-13-11(2)8-9-16-13)14-7-5-4-6-12(14)15/h4-7,11,13,16H,3,8-10H2,1-2H3. The predicted octanol–water partition coefficient (Wildman–Crippen LogP) is 2.65. The Morgan fingerprint density at radius 3 is 2.76 bits per heavy atom. The van der Waals surface area contributed by atoms with Gasteiger partial charge < -0.3 is 10.2 Å². The highest BCUT2D eigenvalue weighted by Crippen LogP contribution is 2.22. The molecule has 1 N–H and O–H groups in total. The van der Waals surface area contributed by atoms with Crippen LogP contribution in [0.1, 0.15) is 20.3 Å². The highest BCUT2D eigenvalue weighted by molar-refractivity contribution is 5.47. The maximum absolute atomic E-state index is 13.7. The summed E-state index contributed by atoms with van der Waals surface area (Å²) in [6, 6.07) is 7.51. The summed E-state index contributed by atoms with van der Waals surface area (Å²) in [4.78, 5) is 2.12. The molecule has 0 aliphatic carbocycles. The Labute approximate surface area is 103 Å². The van der Waals surface area contributed by atoms with Crippen molar-refractivity contribution in [2.75, 3.05) is 24.5 Å². The molecule has 0 spiro atoms. The monoisotopic (exact) mass is 236 g/mol. The average Bonchev–Trinajstić information content (AvgIpc) is 2.73. The molecular weight excluding hydrogens is 215 g/mol. The number of rotatable bonds is 4. The fraction of sp³-hybridized carbons (Fsp3) is 0.571. The zero-order valence-corrected chi connectivity index (χ0v) is 10.6. The molecule has 0 radical (unpaired) electrons. The molecule has 1 aromatic carbocycles. The molecule has 2 rings (SSSR count). The molecule has 1 aliphatic rings. The molecule has 1 aliphatic heterocycles. The van der Waals surface area contributed by atoms with Gasteiger partial charge in [-0.3, -0.25) is 0 Å². The predicted molar refractivity (Wildman–Crippen MR) is 69.9 cm³/mol. The van der Waals surface area contributed by atoms with E-state index in [0.717, 1.165) is 25.3 Å². The minimum absolute atomic E-state index is 0.125. The van der Waals surface area contributed by atoms with E-state index in [-0.39, 0.29) is 5.82 Å². The lowest BCUT2D eigenvalue weighted by Crippen LogP contribution is -2.40. The summed E-state index contributed by atoms with van der Waals surface area (Å²) in [6.07, 6.45) is 1.22. The second-order valence-electron chi connectivity index (χ2n) is 4.82. The molecule has 1 fully saturated rings. The van der Waals surface area contributed by atoms with E-state index in [0.29, 0.717) is 12.0 Å². The maximum atomic E-state index is 13.7. The van der Waals surface area contributed by atoms with Gasteiger partial charge in [-0.2, -0.15) is 0 Å². The van der Waals surface area contributed by atoms with E-state index in [1.807, 2.05) is 12.1 Å². The number of hydrogen-bond acceptors (Lipinski definition) is 2. The summed E-state index contributed by atoms with van der Waals surface area (Å²) in [5.74, 6) is 0.552. The third kappa shape index (κ3) is 2.78. The molecule has 0 aromatic heterocycles. The Morgan fingerprint density at radius 1 is 1.41 bits per heavy atom. The van der Waals surface area contributed by atoms with Crippen LogP contribution < -0.4 is 10.2 Å². The van der Waals surface area contributed by atoms with Gasteiger partial charge in [-0.25, -0.2) is 4.39 Å². The molecule has 1 heterocycles. The average molecular weight is 236 g/mol. The van der Waals surface area contributed by atoms with Crippen LogP contribution in [0.4, 0.5) is 10.1 Å². The zero-order chi connectivity index (χ0) is 12.3. The minimum Gasteiger partial charge on any atom is -0.368 e. The molecule has 3 heteroatoms. The summed E-state index contributed by atoms with van der Waals surface area (Å²) < 4.78 is 13.7. The number of nitrogens with zero attached hydrogens (tertiary/aromatic N) is 1. The van der Waals surface area contributed by atoms with Gasteiger partial charge in [0.15, 0.2) is 0 Å². The number of hydrogen-bond donors (Lipinski definition) is 1. The van der Waals surface area contributed by atoms with Gasteiger partial charge in [0, 0.05) is 19.1 Å². The van der Waals surface area contributed by atoms with Gasteiger partial charge in [0.1, 0.15) is 5.82 Å². The van der Waals surface area contributed by atoms with Gasteiger partial charge in [0.05, 0.1) is 5.69 Å². The van der Waals surface area contributed by atoms with Gasteiger partial charge in [0.25, 0.3) is 0 Å². The third-order valence-electron chi connectivity index (χ3n) is 3.69. The molecule has 0 amide bonds. The topological polar surface area (TPSA) is 15.3 Å². The van der Waals surface area contributed by atoms with Crippen molar-refractivity contribution in [3.05, 3.63) is 30.1 Å². The highest BCUT2D eigenvalue weighted by Gasteiger charge is 2.25. The van der Waals surface area contributed by atoms with Gasteiger partial charge in [-0.05, 0) is 37.9 Å². The van der Waals surface area contributed by atoms with Gasteiger partial charge in [0.2, 0.25) is 0 Å². The SMILES string of the molecule is CCN(CC1NCCC1C)c1ccccc1F. The maximum Gasteiger partial charge on any atom is 0.146 e. The van der Waals surface area contributed by atoms with Crippen molar-refractivity contribution in [2.45, 2.75) is 26.3 Å². The second kappa shape index (κ2) is 5.50. The quantitative estimate of drug-likeness (QED) is 0.864. The summed E-state index contributed by atoms with van der Waals surface area (Å²) in [6.45, 7) is 7.15. The third-order valence-corrected chi connectivity index (χ3v) is 3.69. The van der Waals surface area contributed by atoms with Crippen molar-refractivity contribution in [2.24, 2.45) is 5.92 Å². The van der Waals surface area contributed by atoms with E-state index >= 15 is 0 Å². The largest absolute Gasteiger partial charge is 0.368 e. The first-order valence-corrected chi connectivity index (χ1v) is 6.45. The lowest BCUT2D eigenvalue weighted by atomic mass is 10.0. The van der Waals surface area contributed by atoms with Gasteiger partial charge in [-0.1, -0.05) is 19.1 Å². The molecule has 1 saturated heterocycles. The van der Waals surface area contributed by atoms with Crippen molar-refractivity contribution in [3.8, 4) is 0 Å². The molecule has 1 aromatic rings. The first-order chi connectivity index (χ1) is 8.22. The van der Waals surface area contributed by atoms with Crippen molar-refractivity contribution in [1.29, 1.82) is 0 Å². The van der Waals surface area contributed by atoms with Crippen LogP contribution >= 0.6 is 0 Å². The molecule has 17 heavy (non-hydrogen) atoms. The van der Waals surface area contributed by atoms with Crippen LogP contribution in [0.25, 0.3) is 0 Å². The van der Waals surface area contributed by atoms with E-state index in [4.69, 9.17) is 0 Å². The fourth-order valence-electron chi connectivity index (χ4n) is 2.49. The Morgan fingerprint density at radius 2 is 2.18 bits per heavy atom. The molecule has 2 atom stereocenters. The Bertz CT molecular complexity index is 367. The van der Waals surface area contributed by atoms with Gasteiger partial charge in [-0.15, -0.1) is 0 Å². The number of anilines is 1. The minimum atomic E-state index is -0.125. The molecule has 0 bridgehead atoms. The van der Waals surface area contributed by atoms with E-state index in [2.05, 4.69) is 24.1 Å². The second-order valence-corrected chi connectivity index (χ2v) is 4.82. The molecule has 94 valence electrons. The van der Waals surface area contributed by atoms with Crippen molar-refractivity contribution in [1.82, 2.24) is 5.32 Å². The van der Waals surface area contributed by atoms with Gasteiger partial charge >= 0.3 is 0 Å². The fourth-order valence-corrected chi connectivity index (χ4v) is 2.49. The van der Waals surface area contributed by atoms with Crippen LogP contribution in [-0.2, 0) is 0 Å². The van der Waals surface area contributed by atoms with Crippen LogP contribution in [0.15, 0.2) is 24.3 Å². The zero-order valence-electron chi connectivity index (χ0n) is 10.6. The van der Waals surface area contributed by atoms with Crippen LogP contribution in [0.2, 0.25) is 0 Å². The smallest absolute Gasteiger partial charge is 0.146 e. The van der Waals surface area contributed by atoms with Crippen molar-refractivity contribution < 1.29 is 4.39 Å². The Kier molecular flexibility index (Phi) is 4.00. The summed E-state index contributed by atoms with van der Waals surface area (Å²) >= 11 is 0. The van der Waals surface area contributed by atoms with E-state index in [1.165, 1.54) is 12.5 Å². The molecule has 2 unspecified atom stereocenters. The number of para-hydroxylation sites is 1. The number of benzene rings is 1. The van der Waals surface area contributed by atoms with Crippen LogP contribution in [0, 0.1) is 11.7 Å². The number of likely N-dealkylation sites (N-methyl/N-ethyl adjacent to an activating group) is 1. The van der Waals surface area contributed by atoms with Crippen molar-refractivity contribution in [3.63, 3.8) is 0 Å².